The van der Waals surface area contributed by atoms with E-state index in [2.05, 4.69) is 59.2 Å². The number of nitrogens with zero attached hydrogens (tertiary/aromatic N) is 2. The Labute approximate surface area is 186 Å². The number of rotatable bonds is 5. The number of benzene rings is 2. The molecule has 0 aromatic heterocycles. The number of amides is 1. The van der Waals surface area contributed by atoms with Gasteiger partial charge in [-0.15, -0.1) is 0 Å². The predicted octanol–water partition coefficient (Wildman–Crippen LogP) is 4.45. The normalized spacial score (nSPS) is 28.3. The van der Waals surface area contributed by atoms with Crippen molar-refractivity contribution in [2.45, 2.75) is 57.7 Å². The third-order valence-corrected chi connectivity index (χ3v) is 7.81. The van der Waals surface area contributed by atoms with Gasteiger partial charge in [0.25, 0.3) is 0 Å². The number of fused-ring (bicyclic) bond motifs is 4. The topological polar surface area (TPSA) is 32.8 Å². The summed E-state index contributed by atoms with van der Waals surface area (Å²) in [6.45, 7) is 5.43. The molecule has 0 aliphatic carbocycles. The van der Waals surface area contributed by atoms with Crippen LogP contribution in [0.3, 0.4) is 0 Å². The zero-order valence-corrected chi connectivity index (χ0v) is 18.8. The first-order valence-corrected chi connectivity index (χ1v) is 11.8. The summed E-state index contributed by atoms with van der Waals surface area (Å²) >= 11 is 0. The minimum Gasteiger partial charge on any atom is -0.497 e. The monoisotopic (exact) mass is 418 g/mol. The van der Waals surface area contributed by atoms with E-state index in [4.69, 9.17) is 4.74 Å². The summed E-state index contributed by atoms with van der Waals surface area (Å²) in [5, 5.41) is 0. The molecule has 3 aliphatic heterocycles. The Morgan fingerprint density at radius 2 is 1.90 bits per heavy atom. The van der Waals surface area contributed by atoms with E-state index in [-0.39, 0.29) is 0 Å². The minimum absolute atomic E-state index is 0.292. The summed E-state index contributed by atoms with van der Waals surface area (Å²) < 4.78 is 5.46. The number of methoxy groups -OCH3 is 1. The first-order valence-electron chi connectivity index (χ1n) is 11.8. The van der Waals surface area contributed by atoms with Crippen molar-refractivity contribution in [2.75, 3.05) is 20.2 Å². The fourth-order valence-corrected chi connectivity index (χ4v) is 6.33. The fraction of sp³-hybridized carbons (Fsp3) is 0.519. The average molecular weight is 419 g/mol. The van der Waals surface area contributed by atoms with E-state index in [0.29, 0.717) is 29.8 Å². The molecular formula is C27H34N2O2. The molecule has 5 rings (SSSR count). The second-order valence-electron chi connectivity index (χ2n) is 9.76. The number of likely N-dealkylation sites (tertiary alicyclic amines) is 1. The molecule has 2 aromatic rings. The molecule has 4 atom stereocenters. The summed E-state index contributed by atoms with van der Waals surface area (Å²) in [5.74, 6) is 2.42. The van der Waals surface area contributed by atoms with Crippen molar-refractivity contribution >= 4 is 5.91 Å². The Balaban J connectivity index is 1.41. The molecule has 3 saturated heterocycles. The van der Waals surface area contributed by atoms with Gasteiger partial charge in [-0.1, -0.05) is 36.4 Å². The Morgan fingerprint density at radius 3 is 2.74 bits per heavy atom. The van der Waals surface area contributed by atoms with Crippen LogP contribution in [0.5, 0.6) is 5.75 Å². The Hall–Kier alpha value is -2.33. The maximum Gasteiger partial charge on any atom is 0.223 e. The van der Waals surface area contributed by atoms with Gasteiger partial charge >= 0.3 is 0 Å². The first-order chi connectivity index (χ1) is 15.1. The third-order valence-electron chi connectivity index (χ3n) is 7.81. The van der Waals surface area contributed by atoms with Crippen LogP contribution < -0.4 is 4.74 Å². The Kier molecular flexibility index (Phi) is 5.75. The van der Waals surface area contributed by atoms with Gasteiger partial charge in [-0.05, 0) is 73.3 Å². The van der Waals surface area contributed by atoms with Gasteiger partial charge in [-0.25, -0.2) is 0 Å². The van der Waals surface area contributed by atoms with Crippen molar-refractivity contribution in [3.63, 3.8) is 0 Å². The summed E-state index contributed by atoms with van der Waals surface area (Å²) in [6, 6.07) is 17.9. The maximum absolute atomic E-state index is 13.1. The number of aryl methyl sites for hydroxylation is 1. The first kappa shape index (κ1) is 20.6. The van der Waals surface area contributed by atoms with Gasteiger partial charge in [0, 0.05) is 38.1 Å². The summed E-state index contributed by atoms with van der Waals surface area (Å²) in [5.41, 5.74) is 4.08. The highest BCUT2D eigenvalue weighted by molar-refractivity contribution is 5.78. The molecule has 4 nitrogen and oxygen atoms in total. The lowest BCUT2D eigenvalue weighted by Crippen LogP contribution is -2.65. The van der Waals surface area contributed by atoms with Crippen molar-refractivity contribution in [1.29, 1.82) is 0 Å². The van der Waals surface area contributed by atoms with E-state index in [9.17, 15) is 4.79 Å². The van der Waals surface area contributed by atoms with Crippen molar-refractivity contribution in [3.05, 3.63) is 65.2 Å². The lowest BCUT2D eigenvalue weighted by atomic mass is 9.70. The predicted molar refractivity (Wildman–Crippen MR) is 123 cm³/mol. The molecule has 164 valence electrons. The molecule has 31 heavy (non-hydrogen) atoms. The number of hydrogen-bond acceptors (Lipinski definition) is 3. The van der Waals surface area contributed by atoms with E-state index in [1.807, 2.05) is 6.07 Å². The Bertz CT molecular complexity index is 942. The lowest BCUT2D eigenvalue weighted by molar-refractivity contribution is -0.152. The second-order valence-corrected chi connectivity index (χ2v) is 9.76. The van der Waals surface area contributed by atoms with Crippen LogP contribution in [0, 0.1) is 18.8 Å². The number of piperidine rings is 3. The van der Waals surface area contributed by atoms with E-state index in [1.165, 1.54) is 23.1 Å². The van der Waals surface area contributed by atoms with Gasteiger partial charge in [0.2, 0.25) is 5.91 Å². The quantitative estimate of drug-likeness (QED) is 0.719. The van der Waals surface area contributed by atoms with Crippen LogP contribution in [0.1, 0.15) is 42.4 Å². The SMILES string of the molecule is COc1cccc(C[C@H]2[C@H]3C[C@H](CN(Cc4ccccc4C)C3)[C@@H]3CCCC(=O)N32)c1. The molecule has 0 saturated carbocycles. The molecule has 4 heteroatoms. The number of carbonyl (C=O) groups excluding carboxylic acids is 1. The van der Waals surface area contributed by atoms with Crippen molar-refractivity contribution in [1.82, 2.24) is 9.80 Å². The molecule has 3 aliphatic rings. The molecule has 0 radical (unpaired) electrons. The van der Waals surface area contributed by atoms with Crippen LogP contribution in [-0.4, -0.2) is 48.0 Å². The lowest BCUT2D eigenvalue weighted by Gasteiger charge is -2.57. The highest BCUT2D eigenvalue weighted by Crippen LogP contribution is 2.43. The molecule has 2 aromatic carbocycles. The van der Waals surface area contributed by atoms with E-state index in [1.54, 1.807) is 7.11 Å². The smallest absolute Gasteiger partial charge is 0.223 e. The fourth-order valence-electron chi connectivity index (χ4n) is 6.33. The number of hydrogen-bond donors (Lipinski definition) is 0. The van der Waals surface area contributed by atoms with Gasteiger partial charge in [-0.2, -0.15) is 0 Å². The van der Waals surface area contributed by atoms with Crippen LogP contribution in [0.4, 0.5) is 0 Å². The van der Waals surface area contributed by atoms with Gasteiger partial charge in [-0.3, -0.25) is 9.69 Å². The van der Waals surface area contributed by atoms with Gasteiger partial charge < -0.3 is 9.64 Å². The highest BCUT2D eigenvalue weighted by atomic mass is 16.5. The van der Waals surface area contributed by atoms with E-state index < -0.39 is 0 Å². The summed E-state index contributed by atoms with van der Waals surface area (Å²) in [7, 11) is 1.72. The third kappa shape index (κ3) is 4.10. The van der Waals surface area contributed by atoms with Crippen LogP contribution in [0.15, 0.2) is 48.5 Å². The van der Waals surface area contributed by atoms with Gasteiger partial charge in [0.1, 0.15) is 5.75 Å². The second kappa shape index (κ2) is 8.66. The largest absolute Gasteiger partial charge is 0.497 e. The van der Waals surface area contributed by atoms with Gasteiger partial charge in [0.05, 0.1) is 7.11 Å². The van der Waals surface area contributed by atoms with E-state index in [0.717, 1.165) is 51.1 Å². The highest BCUT2D eigenvalue weighted by Gasteiger charge is 2.49. The van der Waals surface area contributed by atoms with Crippen molar-refractivity contribution in [3.8, 4) is 5.75 Å². The molecule has 1 amide bonds. The molecular weight excluding hydrogens is 384 g/mol. The van der Waals surface area contributed by atoms with Gasteiger partial charge in [0.15, 0.2) is 0 Å². The standard InChI is InChI=1S/C27H34N2O2/c1-19-7-3-4-9-21(19)16-28-17-22-15-23(18-28)26(29-25(22)11-6-12-27(29)30)14-20-8-5-10-24(13-20)31-2/h3-5,7-10,13,22-23,25-26H,6,11-12,14-18H2,1-2H3/t22-,23+,25+,26+/m1/s1. The minimum atomic E-state index is 0.292. The summed E-state index contributed by atoms with van der Waals surface area (Å²) in [6.07, 6.45) is 5.11. The molecule has 3 heterocycles. The average Bonchev–Trinajstić information content (AvgIpc) is 2.78. The maximum atomic E-state index is 13.1. The Morgan fingerprint density at radius 1 is 1.06 bits per heavy atom. The van der Waals surface area contributed by atoms with Crippen LogP contribution >= 0.6 is 0 Å². The molecule has 0 unspecified atom stereocenters. The number of ether oxygens (including phenoxy) is 1. The molecule has 2 bridgehead atoms. The van der Waals surface area contributed by atoms with Crippen LogP contribution in [0.25, 0.3) is 0 Å². The zero-order chi connectivity index (χ0) is 21.4. The number of carbonyl (C=O) groups is 1. The summed E-state index contributed by atoms with van der Waals surface area (Å²) in [4.78, 5) is 18.1. The van der Waals surface area contributed by atoms with E-state index >= 15 is 0 Å². The van der Waals surface area contributed by atoms with Crippen molar-refractivity contribution in [2.24, 2.45) is 11.8 Å². The molecule has 0 spiro atoms. The molecule has 0 N–H and O–H groups in total. The molecule has 3 fully saturated rings. The van der Waals surface area contributed by atoms with Crippen molar-refractivity contribution < 1.29 is 9.53 Å². The zero-order valence-electron chi connectivity index (χ0n) is 18.8. The van der Waals surface area contributed by atoms with Crippen LogP contribution in [0.2, 0.25) is 0 Å². The van der Waals surface area contributed by atoms with Crippen LogP contribution in [-0.2, 0) is 17.8 Å².